The predicted molar refractivity (Wildman–Crippen MR) is 34.4 cm³/mol. The number of aromatic nitrogens is 1. The van der Waals surface area contributed by atoms with E-state index in [2.05, 4.69) is 5.16 Å². The molecule has 1 aromatic rings. The first kappa shape index (κ1) is 5.92. The van der Waals surface area contributed by atoms with Crippen LogP contribution in [0.4, 0.5) is 0 Å². The maximum Gasteiger partial charge on any atom is 0.165 e. The summed E-state index contributed by atoms with van der Waals surface area (Å²) in [7, 11) is 0. The molecule has 1 fully saturated rings. The molecule has 0 aromatic carbocycles. The molecule has 0 N–H and O–H groups in total. The minimum atomic E-state index is 0.169. The zero-order valence-electron chi connectivity index (χ0n) is 5.62. The third-order valence-corrected chi connectivity index (χ3v) is 1.70. The summed E-state index contributed by atoms with van der Waals surface area (Å²) in [4.78, 5) is 0. The summed E-state index contributed by atoms with van der Waals surface area (Å²) in [6.45, 7) is 0.853. The van der Waals surface area contributed by atoms with Crippen molar-refractivity contribution in [1.82, 2.24) is 5.16 Å². The molecule has 54 valence electrons. The van der Waals surface area contributed by atoms with E-state index in [9.17, 15) is 0 Å². The van der Waals surface area contributed by atoms with Gasteiger partial charge in [0.25, 0.3) is 0 Å². The molecule has 3 heteroatoms. The molecule has 1 atom stereocenters. The summed E-state index contributed by atoms with van der Waals surface area (Å²) in [6.07, 6.45) is 4.01. The molecule has 1 aromatic heterocycles. The second kappa shape index (κ2) is 2.42. The SMILES string of the molecule is c1cc(C2CCCO2)on1. The zero-order chi connectivity index (χ0) is 6.81. The van der Waals surface area contributed by atoms with Crippen molar-refractivity contribution in [2.75, 3.05) is 6.61 Å². The van der Waals surface area contributed by atoms with E-state index in [1.807, 2.05) is 6.07 Å². The molecule has 0 radical (unpaired) electrons. The maximum atomic E-state index is 5.36. The second-order valence-corrected chi connectivity index (χ2v) is 2.42. The van der Waals surface area contributed by atoms with Gasteiger partial charge in [0.1, 0.15) is 6.10 Å². The molecule has 1 saturated heterocycles. The minimum absolute atomic E-state index is 0.169. The van der Waals surface area contributed by atoms with E-state index in [1.165, 1.54) is 0 Å². The Hall–Kier alpha value is -0.830. The molecule has 1 unspecified atom stereocenters. The van der Waals surface area contributed by atoms with Crippen LogP contribution < -0.4 is 0 Å². The summed E-state index contributed by atoms with van der Waals surface area (Å²) in [5.41, 5.74) is 0. The molecule has 0 saturated carbocycles. The Bertz CT molecular complexity index is 189. The highest BCUT2D eigenvalue weighted by Crippen LogP contribution is 2.27. The van der Waals surface area contributed by atoms with Crippen LogP contribution in [0.25, 0.3) is 0 Å². The van der Waals surface area contributed by atoms with Gasteiger partial charge < -0.3 is 9.26 Å². The van der Waals surface area contributed by atoms with Gasteiger partial charge in [-0.25, -0.2) is 0 Å². The lowest BCUT2D eigenvalue weighted by atomic mass is 10.2. The zero-order valence-corrected chi connectivity index (χ0v) is 5.62. The van der Waals surface area contributed by atoms with Crippen molar-refractivity contribution < 1.29 is 9.26 Å². The number of hydrogen-bond acceptors (Lipinski definition) is 3. The van der Waals surface area contributed by atoms with Gasteiger partial charge in [0.2, 0.25) is 0 Å². The van der Waals surface area contributed by atoms with E-state index >= 15 is 0 Å². The Balaban J connectivity index is 2.12. The summed E-state index contributed by atoms with van der Waals surface area (Å²) >= 11 is 0. The standard InChI is InChI=1S/C7H9NO2/c1-2-6(9-5-1)7-3-4-8-10-7/h3-4,6H,1-2,5H2. The Morgan fingerprint density at radius 3 is 3.20 bits per heavy atom. The largest absolute Gasteiger partial charge is 0.370 e. The van der Waals surface area contributed by atoms with E-state index in [4.69, 9.17) is 9.26 Å². The molecular formula is C7H9NO2. The quantitative estimate of drug-likeness (QED) is 0.591. The van der Waals surface area contributed by atoms with Gasteiger partial charge in [0.15, 0.2) is 5.76 Å². The van der Waals surface area contributed by atoms with Crippen LogP contribution in [0.3, 0.4) is 0 Å². The van der Waals surface area contributed by atoms with Gasteiger partial charge in [-0.3, -0.25) is 0 Å². The van der Waals surface area contributed by atoms with Gasteiger partial charge in [-0.05, 0) is 12.8 Å². The molecule has 0 aliphatic carbocycles. The van der Waals surface area contributed by atoms with Crippen molar-refractivity contribution in [2.24, 2.45) is 0 Å². The molecular weight excluding hydrogens is 130 g/mol. The van der Waals surface area contributed by atoms with E-state index in [0.29, 0.717) is 0 Å². The third kappa shape index (κ3) is 0.926. The van der Waals surface area contributed by atoms with Crippen molar-refractivity contribution in [3.8, 4) is 0 Å². The van der Waals surface area contributed by atoms with Crippen LogP contribution in [0.2, 0.25) is 0 Å². The Labute approximate surface area is 59.0 Å². The molecule has 2 heterocycles. The third-order valence-electron chi connectivity index (χ3n) is 1.70. The van der Waals surface area contributed by atoms with Crippen LogP contribution in [-0.4, -0.2) is 11.8 Å². The Morgan fingerprint density at radius 2 is 2.60 bits per heavy atom. The van der Waals surface area contributed by atoms with Crippen molar-refractivity contribution in [3.05, 3.63) is 18.0 Å². The van der Waals surface area contributed by atoms with Gasteiger partial charge in [-0.2, -0.15) is 0 Å². The molecule has 0 amide bonds. The fraction of sp³-hybridized carbons (Fsp3) is 0.571. The minimum Gasteiger partial charge on any atom is -0.370 e. The lowest BCUT2D eigenvalue weighted by Gasteiger charge is -2.01. The van der Waals surface area contributed by atoms with Crippen molar-refractivity contribution in [1.29, 1.82) is 0 Å². The van der Waals surface area contributed by atoms with E-state index in [-0.39, 0.29) is 6.10 Å². The first-order chi connectivity index (χ1) is 4.97. The predicted octanol–water partition coefficient (Wildman–Crippen LogP) is 1.53. The summed E-state index contributed by atoms with van der Waals surface area (Å²) < 4.78 is 10.3. The maximum absolute atomic E-state index is 5.36. The van der Waals surface area contributed by atoms with Crippen molar-refractivity contribution in [2.45, 2.75) is 18.9 Å². The summed E-state index contributed by atoms with van der Waals surface area (Å²) in [6, 6.07) is 1.86. The van der Waals surface area contributed by atoms with Crippen LogP contribution in [0.1, 0.15) is 24.7 Å². The monoisotopic (exact) mass is 139 g/mol. The second-order valence-electron chi connectivity index (χ2n) is 2.42. The number of nitrogens with zero attached hydrogens (tertiary/aromatic N) is 1. The first-order valence-electron chi connectivity index (χ1n) is 3.49. The highest BCUT2D eigenvalue weighted by Gasteiger charge is 2.20. The highest BCUT2D eigenvalue weighted by atomic mass is 16.5. The molecule has 1 aliphatic heterocycles. The van der Waals surface area contributed by atoms with Crippen molar-refractivity contribution >= 4 is 0 Å². The topological polar surface area (TPSA) is 35.3 Å². The number of rotatable bonds is 1. The molecule has 10 heavy (non-hydrogen) atoms. The van der Waals surface area contributed by atoms with Gasteiger partial charge in [0.05, 0.1) is 6.20 Å². The average Bonchev–Trinajstić information content (AvgIpc) is 2.59. The van der Waals surface area contributed by atoms with Gasteiger partial charge in [-0.1, -0.05) is 5.16 Å². The van der Waals surface area contributed by atoms with Gasteiger partial charge in [-0.15, -0.1) is 0 Å². The number of hydrogen-bond donors (Lipinski definition) is 0. The molecule has 1 aliphatic rings. The smallest absolute Gasteiger partial charge is 0.165 e. The molecule has 0 bridgehead atoms. The average molecular weight is 139 g/mol. The van der Waals surface area contributed by atoms with Gasteiger partial charge in [0, 0.05) is 12.7 Å². The Morgan fingerprint density at radius 1 is 1.60 bits per heavy atom. The van der Waals surface area contributed by atoms with E-state index < -0.39 is 0 Å². The molecule has 2 rings (SSSR count). The van der Waals surface area contributed by atoms with Crippen LogP contribution in [0.5, 0.6) is 0 Å². The van der Waals surface area contributed by atoms with Gasteiger partial charge >= 0.3 is 0 Å². The van der Waals surface area contributed by atoms with Crippen LogP contribution >= 0.6 is 0 Å². The first-order valence-corrected chi connectivity index (χ1v) is 3.49. The summed E-state index contributed by atoms with van der Waals surface area (Å²) in [5.74, 6) is 0.859. The Kier molecular flexibility index (Phi) is 1.43. The molecule has 3 nitrogen and oxygen atoms in total. The lowest BCUT2D eigenvalue weighted by Crippen LogP contribution is -1.92. The summed E-state index contributed by atoms with van der Waals surface area (Å²) in [5, 5.41) is 3.61. The molecule has 0 spiro atoms. The fourth-order valence-corrected chi connectivity index (χ4v) is 1.19. The fourth-order valence-electron chi connectivity index (χ4n) is 1.19. The highest BCUT2D eigenvalue weighted by molar-refractivity contribution is 4.98. The van der Waals surface area contributed by atoms with Crippen molar-refractivity contribution in [3.63, 3.8) is 0 Å². The normalized spacial score (nSPS) is 25.4. The van der Waals surface area contributed by atoms with Crippen LogP contribution in [0.15, 0.2) is 16.8 Å². The van der Waals surface area contributed by atoms with Crippen LogP contribution in [-0.2, 0) is 4.74 Å². The van der Waals surface area contributed by atoms with E-state index in [1.54, 1.807) is 6.20 Å². The van der Waals surface area contributed by atoms with Crippen LogP contribution in [0, 0.1) is 0 Å². The lowest BCUT2D eigenvalue weighted by molar-refractivity contribution is 0.0878. The number of ether oxygens (including phenoxy) is 1. The van der Waals surface area contributed by atoms with E-state index in [0.717, 1.165) is 25.2 Å².